The highest BCUT2D eigenvalue weighted by atomic mass is 19.1. The molecular weight excluding hydrogens is 451 g/mol. The van der Waals surface area contributed by atoms with Crippen LogP contribution in [0.2, 0.25) is 0 Å². The van der Waals surface area contributed by atoms with Crippen molar-refractivity contribution < 1.29 is 18.7 Å². The fourth-order valence-corrected chi connectivity index (χ4v) is 4.82. The lowest BCUT2D eigenvalue weighted by Gasteiger charge is -2.41. The number of aromatic nitrogens is 2. The lowest BCUT2D eigenvalue weighted by Crippen LogP contribution is -2.43. The highest BCUT2D eigenvalue weighted by Crippen LogP contribution is 2.41. The number of nitrogens with two attached hydrogens (primary N) is 1. The Hall–Kier alpha value is -3.95. The number of carbonyl (C=O) groups excluding carboxylic acids is 1. The second-order valence-electron chi connectivity index (χ2n) is 9.30. The predicted octanol–water partition coefficient (Wildman–Crippen LogP) is 4.55. The number of nitrogen functional groups attached to an aromatic ring is 1. The van der Waals surface area contributed by atoms with Crippen LogP contribution >= 0.6 is 0 Å². The number of hydrogen-bond acceptors (Lipinski definition) is 8. The van der Waals surface area contributed by atoms with Gasteiger partial charge in [0.2, 0.25) is 5.88 Å². The summed E-state index contributed by atoms with van der Waals surface area (Å²) in [6.45, 7) is 5.12. The largest absolute Gasteiger partial charge is 0.474 e. The van der Waals surface area contributed by atoms with Gasteiger partial charge in [-0.25, -0.2) is 19.2 Å². The van der Waals surface area contributed by atoms with E-state index in [0.717, 1.165) is 24.1 Å². The van der Waals surface area contributed by atoms with Crippen molar-refractivity contribution in [2.75, 3.05) is 36.6 Å². The number of pyridine rings is 2. The van der Waals surface area contributed by atoms with Crippen LogP contribution in [0.25, 0.3) is 21.9 Å². The Morgan fingerprint density at radius 3 is 2.91 bits per heavy atom. The van der Waals surface area contributed by atoms with Crippen LogP contribution in [0, 0.1) is 18.2 Å². The van der Waals surface area contributed by atoms with Gasteiger partial charge in [0.15, 0.2) is 5.82 Å². The van der Waals surface area contributed by atoms with Crippen molar-refractivity contribution in [2.24, 2.45) is 10.4 Å². The number of anilines is 3. The minimum Gasteiger partial charge on any atom is -0.474 e. The third-order valence-corrected chi connectivity index (χ3v) is 6.57. The third-order valence-electron chi connectivity index (χ3n) is 6.57. The average Bonchev–Trinajstić information content (AvgIpc) is 2.81. The normalized spacial score (nSPS) is 21.1. The van der Waals surface area contributed by atoms with Crippen molar-refractivity contribution in [2.45, 2.75) is 32.8 Å². The van der Waals surface area contributed by atoms with E-state index in [2.05, 4.69) is 32.5 Å². The molecule has 0 atom stereocenters. The maximum Gasteiger partial charge on any atom is 0.413 e. The second-order valence-corrected chi connectivity index (χ2v) is 9.30. The van der Waals surface area contributed by atoms with Crippen molar-refractivity contribution >= 4 is 40.3 Å². The van der Waals surface area contributed by atoms with Crippen molar-refractivity contribution in [1.29, 1.82) is 0 Å². The number of rotatable bonds is 4. The van der Waals surface area contributed by atoms with E-state index in [1.807, 2.05) is 13.1 Å². The Morgan fingerprint density at radius 1 is 1.34 bits per heavy atom. The minimum atomic E-state index is -0.589. The summed E-state index contributed by atoms with van der Waals surface area (Å²) in [5.41, 5.74) is 8.53. The summed E-state index contributed by atoms with van der Waals surface area (Å²) in [5, 5.41) is 6.99. The van der Waals surface area contributed by atoms with E-state index in [9.17, 15) is 4.79 Å². The molecule has 5 rings (SSSR count). The minimum absolute atomic E-state index is 0.0215. The van der Waals surface area contributed by atoms with Gasteiger partial charge < -0.3 is 25.5 Å². The Labute approximate surface area is 202 Å². The van der Waals surface area contributed by atoms with Crippen LogP contribution in [-0.4, -0.2) is 48.6 Å². The first-order chi connectivity index (χ1) is 16.8. The van der Waals surface area contributed by atoms with Crippen molar-refractivity contribution in [3.8, 4) is 17.0 Å². The topological polar surface area (TPSA) is 124 Å². The molecule has 3 aromatic rings. The maximum absolute atomic E-state index is 15.3. The molecule has 1 fully saturated rings. The monoisotopic (exact) mass is 478 g/mol. The van der Waals surface area contributed by atoms with Crippen molar-refractivity contribution in [1.82, 2.24) is 9.97 Å². The molecule has 1 aliphatic heterocycles. The van der Waals surface area contributed by atoms with Gasteiger partial charge >= 0.3 is 6.09 Å². The summed E-state index contributed by atoms with van der Waals surface area (Å²) < 4.78 is 26.4. The number of nitrogens with zero attached hydrogens (tertiary/aromatic N) is 3. The first-order valence-corrected chi connectivity index (χ1v) is 11.4. The lowest BCUT2D eigenvalue weighted by atomic mass is 9.69. The van der Waals surface area contributed by atoms with Crippen LogP contribution in [0.1, 0.15) is 25.3 Å². The fraction of sp³-hybridized carbons (Fsp3) is 0.360. The summed E-state index contributed by atoms with van der Waals surface area (Å²) in [6.07, 6.45) is 5.59. The highest BCUT2D eigenvalue weighted by Gasteiger charge is 2.41. The van der Waals surface area contributed by atoms with Crippen LogP contribution in [0.15, 0.2) is 29.5 Å². The van der Waals surface area contributed by atoms with Gasteiger partial charge in [0.05, 0.1) is 5.69 Å². The number of ether oxygens (including phenoxy) is 2. The van der Waals surface area contributed by atoms with Gasteiger partial charge in [-0.05, 0) is 42.8 Å². The molecule has 0 saturated heterocycles. The highest BCUT2D eigenvalue weighted by molar-refractivity contribution is 5.99. The van der Waals surface area contributed by atoms with E-state index in [1.165, 1.54) is 6.20 Å². The van der Waals surface area contributed by atoms with Crippen LogP contribution in [0.3, 0.4) is 0 Å². The van der Waals surface area contributed by atoms with Gasteiger partial charge in [-0.3, -0.25) is 5.32 Å². The Bertz CT molecular complexity index is 1350. The Balaban J connectivity index is 1.41. The zero-order valence-corrected chi connectivity index (χ0v) is 19.8. The van der Waals surface area contributed by atoms with Gasteiger partial charge in [0, 0.05) is 54.1 Å². The number of aliphatic imine (C=N–C) groups is 1. The summed E-state index contributed by atoms with van der Waals surface area (Å²) in [4.78, 5) is 25.0. The summed E-state index contributed by atoms with van der Waals surface area (Å²) in [7, 11) is 1.73. The van der Waals surface area contributed by atoms with Crippen LogP contribution in [0.4, 0.5) is 26.4 Å². The number of hydrogen-bond donors (Lipinski definition) is 3. The molecule has 0 radical (unpaired) electrons. The molecule has 35 heavy (non-hydrogen) atoms. The molecular formula is C25H27FN6O3. The first kappa shape index (κ1) is 22.8. The van der Waals surface area contributed by atoms with E-state index in [-0.39, 0.29) is 23.0 Å². The molecule has 0 spiro atoms. The Kier molecular flexibility index (Phi) is 5.66. The molecule has 10 heteroatoms. The number of amides is 1. The first-order valence-electron chi connectivity index (χ1n) is 11.4. The molecule has 0 unspecified atom stereocenters. The van der Waals surface area contributed by atoms with Crippen LogP contribution in [0.5, 0.6) is 5.88 Å². The molecule has 1 amide bonds. The molecule has 1 aliphatic carbocycles. The zero-order valence-electron chi connectivity index (χ0n) is 19.8. The van der Waals surface area contributed by atoms with E-state index >= 15 is 4.39 Å². The number of nitrogens with one attached hydrogen (secondary N) is 2. The molecule has 9 nitrogen and oxygen atoms in total. The van der Waals surface area contributed by atoms with Crippen molar-refractivity contribution in [3.05, 3.63) is 35.9 Å². The van der Waals surface area contributed by atoms with Gasteiger partial charge in [0.25, 0.3) is 0 Å². The third kappa shape index (κ3) is 4.20. The number of carbonyl (C=O) groups is 1. The maximum atomic E-state index is 15.3. The summed E-state index contributed by atoms with van der Waals surface area (Å²) in [5.74, 6) is 0.228. The zero-order chi connectivity index (χ0) is 24.7. The second kappa shape index (κ2) is 8.68. The molecule has 0 bridgehead atoms. The van der Waals surface area contributed by atoms with E-state index in [4.69, 9.17) is 15.2 Å². The van der Waals surface area contributed by atoms with E-state index in [1.54, 1.807) is 25.4 Å². The van der Waals surface area contributed by atoms with Gasteiger partial charge in [-0.2, -0.15) is 0 Å². The number of halogens is 1. The predicted molar refractivity (Wildman–Crippen MR) is 134 cm³/mol. The number of fused-ring (bicyclic) bond motifs is 2. The molecule has 182 valence electrons. The quantitative estimate of drug-likeness (QED) is 0.371. The van der Waals surface area contributed by atoms with E-state index < -0.39 is 11.9 Å². The SMILES string of the molecule is CN=C[C@]1(C)C[C@@H](OC(=O)Nc2cc3cc(-c4cnc5c(c4C)NCCO5)c(F)c(N)c3cn2)C1. The van der Waals surface area contributed by atoms with Crippen molar-refractivity contribution in [3.63, 3.8) is 0 Å². The lowest BCUT2D eigenvalue weighted by molar-refractivity contribution is 0.00910. The van der Waals surface area contributed by atoms with E-state index in [0.29, 0.717) is 40.9 Å². The molecule has 1 aromatic carbocycles. The van der Waals surface area contributed by atoms with Gasteiger partial charge in [-0.1, -0.05) is 6.92 Å². The smallest absolute Gasteiger partial charge is 0.413 e. The average molecular weight is 479 g/mol. The molecule has 3 heterocycles. The standard InChI is InChI=1S/C25H27FN6O3/c1-13-17(10-31-23-22(13)29-4-5-34-23)16-6-14-7-19(30-11-18(14)21(27)20(16)26)32-24(33)35-15-8-25(2,9-15)12-28-3/h6-7,10-12,15,29H,4-5,8-9,27H2,1-3H3,(H,30,32,33)/t15-,25-. The van der Waals surface area contributed by atoms with Gasteiger partial charge in [-0.15, -0.1) is 0 Å². The van der Waals surface area contributed by atoms with Gasteiger partial charge in [0.1, 0.15) is 24.2 Å². The molecule has 2 aromatic heterocycles. The number of benzene rings is 1. The van der Waals surface area contributed by atoms with Crippen LogP contribution < -0.4 is 21.1 Å². The molecule has 2 aliphatic rings. The molecule has 4 N–H and O–H groups in total. The molecule has 1 saturated carbocycles. The summed E-state index contributed by atoms with van der Waals surface area (Å²) in [6, 6.07) is 3.33. The fourth-order valence-electron chi connectivity index (χ4n) is 4.82. The van der Waals surface area contributed by atoms with Crippen LogP contribution in [-0.2, 0) is 4.74 Å². The summed E-state index contributed by atoms with van der Waals surface area (Å²) >= 11 is 0. The Morgan fingerprint density at radius 2 is 2.14 bits per heavy atom.